The van der Waals surface area contributed by atoms with Crippen LogP contribution in [0, 0.1) is 6.92 Å². The number of aromatic nitrogens is 1. The molecule has 1 aromatic carbocycles. The van der Waals surface area contributed by atoms with Gasteiger partial charge in [0.25, 0.3) is 0 Å². The normalized spacial score (nSPS) is 17.8. The molecule has 1 atom stereocenters. The summed E-state index contributed by atoms with van der Waals surface area (Å²) >= 11 is 6.20. The van der Waals surface area contributed by atoms with Gasteiger partial charge in [0.15, 0.2) is 10.2 Å². The first-order valence-electron chi connectivity index (χ1n) is 7.15. The molecule has 1 fully saturated rings. The van der Waals surface area contributed by atoms with Crippen molar-refractivity contribution in [3.05, 3.63) is 33.6 Å². The minimum atomic E-state index is 0.0281. The average molecular weight is 411 g/mol. The van der Waals surface area contributed by atoms with Crippen LogP contribution in [0.3, 0.4) is 0 Å². The number of rotatable bonds is 3. The van der Waals surface area contributed by atoms with Gasteiger partial charge in [0.1, 0.15) is 0 Å². The number of aryl methyl sites for hydroxylation is 1. The fraction of sp³-hybridized carbons (Fsp3) is 0.312. The van der Waals surface area contributed by atoms with Crippen LogP contribution in [0.5, 0.6) is 0 Å². The van der Waals surface area contributed by atoms with Crippen LogP contribution in [0.2, 0.25) is 0 Å². The number of hydrogen-bond acceptors (Lipinski definition) is 5. The molecule has 1 amide bonds. The second-order valence-electron chi connectivity index (χ2n) is 5.35. The van der Waals surface area contributed by atoms with Gasteiger partial charge in [-0.1, -0.05) is 39.8 Å². The van der Waals surface area contributed by atoms with E-state index in [1.807, 2.05) is 31.2 Å². The summed E-state index contributed by atoms with van der Waals surface area (Å²) in [4.78, 5) is 30.9. The number of hydrogen-bond donors (Lipinski definition) is 0. The molecule has 1 saturated heterocycles. The van der Waals surface area contributed by atoms with E-state index in [1.165, 1.54) is 30.0 Å². The molecule has 0 N–H and O–H groups in total. The number of thioether (sulfide) groups is 1. The maximum atomic E-state index is 12.2. The van der Waals surface area contributed by atoms with E-state index in [0.29, 0.717) is 13.0 Å². The second-order valence-corrected chi connectivity index (χ2v) is 8.92. The molecule has 1 aliphatic rings. The monoisotopic (exact) mass is 410 g/mol. The van der Waals surface area contributed by atoms with Crippen LogP contribution in [0.25, 0.3) is 11.3 Å². The molecule has 1 aliphatic heterocycles. The zero-order chi connectivity index (χ0) is 16.6. The van der Waals surface area contributed by atoms with Gasteiger partial charge in [-0.05, 0) is 19.1 Å². The highest BCUT2D eigenvalue weighted by Crippen LogP contribution is 2.36. The molecule has 0 radical (unpaired) electrons. The van der Waals surface area contributed by atoms with Crippen molar-refractivity contribution in [1.82, 2.24) is 4.98 Å². The van der Waals surface area contributed by atoms with Crippen molar-refractivity contribution in [3.63, 3.8) is 0 Å². The van der Waals surface area contributed by atoms with Crippen LogP contribution in [-0.4, -0.2) is 27.8 Å². The Morgan fingerprint density at radius 3 is 2.74 bits per heavy atom. The third-order valence-electron chi connectivity index (χ3n) is 3.56. The summed E-state index contributed by atoms with van der Waals surface area (Å²) in [5.74, 6) is 0.0415. The van der Waals surface area contributed by atoms with Crippen molar-refractivity contribution in [2.24, 2.45) is 0 Å². The molecule has 0 bridgehead atoms. The zero-order valence-corrected chi connectivity index (χ0v) is 15.9. The minimum absolute atomic E-state index is 0.0281. The molecule has 0 aliphatic carbocycles. The summed E-state index contributed by atoms with van der Waals surface area (Å²) < 4.78 is 1.02. The van der Waals surface area contributed by atoms with Gasteiger partial charge in [-0.15, -0.1) is 11.3 Å². The molecule has 4 nitrogen and oxygen atoms in total. The lowest BCUT2D eigenvalue weighted by Crippen LogP contribution is -2.24. The Labute approximate surface area is 151 Å². The highest BCUT2D eigenvalue weighted by molar-refractivity contribution is 9.10. The Bertz CT molecular complexity index is 758. The van der Waals surface area contributed by atoms with Gasteiger partial charge in [-0.3, -0.25) is 14.5 Å². The van der Waals surface area contributed by atoms with Crippen molar-refractivity contribution >= 4 is 55.2 Å². The van der Waals surface area contributed by atoms with Crippen molar-refractivity contribution in [1.29, 1.82) is 0 Å². The maximum Gasteiger partial charge on any atom is 0.230 e. The molecule has 1 unspecified atom stereocenters. The minimum Gasteiger partial charge on any atom is -0.288 e. The number of benzene rings is 1. The van der Waals surface area contributed by atoms with Crippen LogP contribution in [-0.2, 0) is 9.59 Å². The van der Waals surface area contributed by atoms with Crippen molar-refractivity contribution in [2.45, 2.75) is 25.5 Å². The molecular formula is C16H15BrN2O2S2. The van der Waals surface area contributed by atoms with Crippen LogP contribution >= 0.6 is 39.0 Å². The van der Waals surface area contributed by atoms with E-state index in [9.17, 15) is 9.59 Å². The summed E-state index contributed by atoms with van der Waals surface area (Å²) in [6, 6.07) is 7.98. The number of anilines is 1. The van der Waals surface area contributed by atoms with E-state index >= 15 is 0 Å². The van der Waals surface area contributed by atoms with Crippen LogP contribution in [0.1, 0.15) is 18.2 Å². The molecule has 23 heavy (non-hydrogen) atoms. The number of carbonyl (C=O) groups excluding carboxylic acids is 2. The van der Waals surface area contributed by atoms with E-state index in [2.05, 4.69) is 20.9 Å². The summed E-state index contributed by atoms with van der Waals surface area (Å²) in [6.07, 6.45) is 0.399. The average Bonchev–Trinajstić information content (AvgIpc) is 3.02. The highest BCUT2D eigenvalue weighted by atomic mass is 79.9. The van der Waals surface area contributed by atoms with Crippen LogP contribution in [0.15, 0.2) is 28.7 Å². The Hall–Kier alpha value is -1.18. The number of thiazole rings is 1. The summed E-state index contributed by atoms with van der Waals surface area (Å²) in [6.45, 7) is 4.10. The van der Waals surface area contributed by atoms with Crippen molar-refractivity contribution < 1.29 is 9.59 Å². The predicted molar refractivity (Wildman–Crippen MR) is 99.0 cm³/mol. The van der Waals surface area contributed by atoms with Gasteiger partial charge >= 0.3 is 0 Å². The topological polar surface area (TPSA) is 50.3 Å². The van der Waals surface area contributed by atoms with Gasteiger partial charge < -0.3 is 0 Å². The van der Waals surface area contributed by atoms with Gasteiger partial charge in [-0.2, -0.15) is 0 Å². The fourth-order valence-corrected chi connectivity index (χ4v) is 4.69. The first-order valence-corrected chi connectivity index (χ1v) is 9.64. The third-order valence-corrected chi connectivity index (χ3v) is 6.06. The molecule has 0 saturated carbocycles. The van der Waals surface area contributed by atoms with E-state index in [1.54, 1.807) is 4.90 Å². The standard InChI is InChI=1S/C16H15BrN2O2S2/c1-9-15(11-3-5-12(17)6-4-11)18-16(22-9)19-8-13(7-14(19)21)23-10(2)20/h3-6,13H,7-8H2,1-2H3. The Morgan fingerprint density at radius 1 is 1.39 bits per heavy atom. The maximum absolute atomic E-state index is 12.2. The molecule has 0 spiro atoms. The molecule has 3 rings (SSSR count). The summed E-state index contributed by atoms with van der Waals surface area (Å²) in [5.41, 5.74) is 1.95. The number of nitrogens with zero attached hydrogens (tertiary/aromatic N) is 2. The predicted octanol–water partition coefficient (Wildman–Crippen LogP) is 4.27. The molecule has 2 heterocycles. The van der Waals surface area contributed by atoms with E-state index in [4.69, 9.17) is 0 Å². The third kappa shape index (κ3) is 3.67. The van der Waals surface area contributed by atoms with Gasteiger partial charge in [0.2, 0.25) is 5.91 Å². The Morgan fingerprint density at radius 2 is 2.09 bits per heavy atom. The van der Waals surface area contributed by atoms with E-state index in [0.717, 1.165) is 25.7 Å². The number of carbonyl (C=O) groups is 2. The lowest BCUT2D eigenvalue weighted by atomic mass is 10.1. The van der Waals surface area contributed by atoms with Crippen LogP contribution < -0.4 is 4.90 Å². The fourth-order valence-electron chi connectivity index (χ4n) is 2.55. The van der Waals surface area contributed by atoms with Crippen molar-refractivity contribution in [3.8, 4) is 11.3 Å². The lowest BCUT2D eigenvalue weighted by molar-refractivity contribution is -0.117. The van der Waals surface area contributed by atoms with E-state index in [-0.39, 0.29) is 16.3 Å². The molecule has 1 aromatic heterocycles. The number of halogens is 1. The number of amides is 1. The lowest BCUT2D eigenvalue weighted by Gasteiger charge is -2.12. The Balaban J connectivity index is 1.85. The first-order chi connectivity index (χ1) is 10.9. The molecule has 2 aromatic rings. The SMILES string of the molecule is CC(=O)SC1CC(=O)N(c2nc(-c3ccc(Br)cc3)c(C)s2)C1. The second kappa shape index (κ2) is 6.75. The molecule has 120 valence electrons. The quantitative estimate of drug-likeness (QED) is 0.757. The molecular weight excluding hydrogens is 396 g/mol. The van der Waals surface area contributed by atoms with Gasteiger partial charge in [0, 0.05) is 40.1 Å². The van der Waals surface area contributed by atoms with Gasteiger partial charge in [-0.25, -0.2) is 4.98 Å². The first kappa shape index (κ1) is 16.7. The zero-order valence-electron chi connectivity index (χ0n) is 12.7. The summed E-state index contributed by atoms with van der Waals surface area (Å²) in [5, 5.41) is 0.799. The van der Waals surface area contributed by atoms with Crippen molar-refractivity contribution in [2.75, 3.05) is 11.4 Å². The van der Waals surface area contributed by atoms with Crippen LogP contribution in [0.4, 0.5) is 5.13 Å². The Kier molecular flexibility index (Phi) is 4.89. The highest BCUT2D eigenvalue weighted by Gasteiger charge is 2.33. The smallest absolute Gasteiger partial charge is 0.230 e. The summed E-state index contributed by atoms with van der Waals surface area (Å²) in [7, 11) is 0. The van der Waals surface area contributed by atoms with E-state index < -0.39 is 0 Å². The molecule has 7 heteroatoms. The van der Waals surface area contributed by atoms with Gasteiger partial charge in [0.05, 0.1) is 5.69 Å². The largest absolute Gasteiger partial charge is 0.288 e.